The van der Waals surface area contributed by atoms with Crippen molar-refractivity contribution in [2.24, 2.45) is 10.4 Å². The van der Waals surface area contributed by atoms with Gasteiger partial charge in [0.15, 0.2) is 5.96 Å². The Morgan fingerprint density at radius 2 is 2.04 bits per heavy atom. The molecule has 0 unspecified atom stereocenters. The number of rotatable bonds is 5. The Kier molecular flexibility index (Phi) is 6.99. The van der Waals surface area contributed by atoms with E-state index in [4.69, 9.17) is 4.74 Å². The molecule has 2 fully saturated rings. The molecule has 1 saturated carbocycles. The van der Waals surface area contributed by atoms with Gasteiger partial charge in [0.1, 0.15) is 5.75 Å². The average molecular weight is 429 g/mol. The molecule has 1 heterocycles. The van der Waals surface area contributed by atoms with Crippen LogP contribution in [0.2, 0.25) is 0 Å². The van der Waals surface area contributed by atoms with Gasteiger partial charge in [-0.15, -0.1) is 24.0 Å². The van der Waals surface area contributed by atoms with Gasteiger partial charge in [0.05, 0.1) is 6.61 Å². The van der Waals surface area contributed by atoms with Crippen LogP contribution in [0.4, 0.5) is 0 Å². The Labute approximate surface area is 156 Å². The number of aliphatic imine (C=N–C) groups is 1. The van der Waals surface area contributed by atoms with Crippen LogP contribution in [-0.2, 0) is 0 Å². The first kappa shape index (κ1) is 18.4. The van der Waals surface area contributed by atoms with Crippen LogP contribution >= 0.6 is 24.0 Å². The Balaban J connectivity index is 0.00000192. The number of guanidine groups is 1. The molecular weight excluding hydrogens is 401 g/mol. The lowest BCUT2D eigenvalue weighted by molar-refractivity contribution is 0.151. The molecule has 2 aliphatic rings. The van der Waals surface area contributed by atoms with E-state index in [2.05, 4.69) is 15.2 Å². The zero-order valence-corrected chi connectivity index (χ0v) is 16.3. The van der Waals surface area contributed by atoms with Crippen molar-refractivity contribution >= 4 is 29.9 Å². The van der Waals surface area contributed by atoms with Gasteiger partial charge in [0.25, 0.3) is 0 Å². The van der Waals surface area contributed by atoms with Crippen molar-refractivity contribution in [3.05, 3.63) is 30.3 Å². The largest absolute Gasteiger partial charge is 0.494 e. The maximum absolute atomic E-state index is 5.71. The van der Waals surface area contributed by atoms with Gasteiger partial charge in [0, 0.05) is 26.7 Å². The molecule has 128 valence electrons. The minimum atomic E-state index is 0. The predicted octanol–water partition coefficient (Wildman–Crippen LogP) is 3.52. The fourth-order valence-corrected chi connectivity index (χ4v) is 3.51. The molecule has 1 aliphatic heterocycles. The van der Waals surface area contributed by atoms with Gasteiger partial charge in [-0.25, -0.2) is 0 Å². The van der Waals surface area contributed by atoms with Crippen LogP contribution in [0.3, 0.4) is 0 Å². The maximum atomic E-state index is 5.71. The topological polar surface area (TPSA) is 36.9 Å². The van der Waals surface area contributed by atoms with E-state index in [0.717, 1.165) is 37.8 Å². The molecule has 0 atom stereocenters. The highest BCUT2D eigenvalue weighted by Crippen LogP contribution is 2.47. The van der Waals surface area contributed by atoms with Crippen molar-refractivity contribution < 1.29 is 4.74 Å². The summed E-state index contributed by atoms with van der Waals surface area (Å²) in [4.78, 5) is 6.87. The summed E-state index contributed by atoms with van der Waals surface area (Å²) in [6.07, 6.45) is 6.55. The lowest BCUT2D eigenvalue weighted by atomic mass is 9.68. The summed E-state index contributed by atoms with van der Waals surface area (Å²) in [5.74, 6) is 2.00. The lowest BCUT2D eigenvalue weighted by Gasteiger charge is -2.38. The summed E-state index contributed by atoms with van der Waals surface area (Å²) in [5.41, 5.74) is 0.619. The van der Waals surface area contributed by atoms with Crippen LogP contribution in [0.5, 0.6) is 5.75 Å². The van der Waals surface area contributed by atoms with Crippen molar-refractivity contribution in [1.82, 2.24) is 10.2 Å². The van der Waals surface area contributed by atoms with Crippen molar-refractivity contribution in [2.45, 2.75) is 32.1 Å². The normalized spacial score (nSPS) is 19.2. The lowest BCUT2D eigenvalue weighted by Crippen LogP contribution is -2.43. The summed E-state index contributed by atoms with van der Waals surface area (Å²) >= 11 is 0. The van der Waals surface area contributed by atoms with E-state index in [1.807, 2.05) is 37.4 Å². The quantitative estimate of drug-likeness (QED) is 0.337. The summed E-state index contributed by atoms with van der Waals surface area (Å²) in [6.45, 7) is 3.98. The van der Waals surface area contributed by atoms with E-state index >= 15 is 0 Å². The zero-order chi connectivity index (χ0) is 15.3. The molecule has 0 amide bonds. The van der Waals surface area contributed by atoms with Crippen LogP contribution in [0, 0.1) is 5.41 Å². The van der Waals surface area contributed by atoms with Crippen molar-refractivity contribution in [3.8, 4) is 5.75 Å². The monoisotopic (exact) mass is 429 g/mol. The molecule has 1 spiro atoms. The van der Waals surface area contributed by atoms with Gasteiger partial charge in [-0.2, -0.15) is 0 Å². The molecule has 0 radical (unpaired) electrons. The fraction of sp³-hybridized carbons (Fsp3) is 0.611. The highest BCUT2D eigenvalue weighted by Gasteiger charge is 2.43. The molecule has 3 rings (SSSR count). The molecule has 4 nitrogen and oxygen atoms in total. The number of nitrogens with one attached hydrogen (secondary N) is 1. The molecule has 5 heteroatoms. The standard InChI is InChI=1S/C18H27N3O.HI/c1-19-17(21-13-11-18(15-21)9-5-10-18)20-12-6-14-22-16-7-3-2-4-8-16;/h2-4,7-8H,5-6,9-15H2,1H3,(H,19,20);1H. The predicted molar refractivity (Wildman–Crippen MR) is 106 cm³/mol. The van der Waals surface area contributed by atoms with Gasteiger partial charge in [0.2, 0.25) is 0 Å². The van der Waals surface area contributed by atoms with Crippen molar-refractivity contribution in [1.29, 1.82) is 0 Å². The highest BCUT2D eigenvalue weighted by molar-refractivity contribution is 14.0. The Morgan fingerprint density at radius 1 is 1.26 bits per heavy atom. The third-order valence-corrected chi connectivity index (χ3v) is 4.98. The van der Waals surface area contributed by atoms with Gasteiger partial charge in [-0.1, -0.05) is 24.6 Å². The second-order valence-electron chi connectivity index (χ2n) is 6.51. The van der Waals surface area contributed by atoms with E-state index in [1.165, 1.54) is 32.2 Å². The number of benzene rings is 1. The molecule has 1 aromatic rings. The Morgan fingerprint density at radius 3 is 2.65 bits per heavy atom. The van der Waals surface area contributed by atoms with E-state index in [9.17, 15) is 0 Å². The van der Waals surface area contributed by atoms with E-state index in [0.29, 0.717) is 5.41 Å². The van der Waals surface area contributed by atoms with Gasteiger partial charge >= 0.3 is 0 Å². The van der Waals surface area contributed by atoms with E-state index in [-0.39, 0.29) is 24.0 Å². The summed E-state index contributed by atoms with van der Waals surface area (Å²) < 4.78 is 5.71. The Hall–Kier alpha value is -0.980. The summed E-state index contributed by atoms with van der Waals surface area (Å²) in [5, 5.41) is 3.48. The zero-order valence-electron chi connectivity index (χ0n) is 14.0. The van der Waals surface area contributed by atoms with Crippen LogP contribution in [-0.4, -0.2) is 44.1 Å². The number of ether oxygens (including phenoxy) is 1. The van der Waals surface area contributed by atoms with Crippen LogP contribution < -0.4 is 10.1 Å². The maximum Gasteiger partial charge on any atom is 0.193 e. The first-order valence-corrected chi connectivity index (χ1v) is 8.45. The number of hydrogen-bond donors (Lipinski definition) is 1. The van der Waals surface area contributed by atoms with Gasteiger partial charge in [-0.3, -0.25) is 4.99 Å². The van der Waals surface area contributed by atoms with E-state index < -0.39 is 0 Å². The van der Waals surface area contributed by atoms with Gasteiger partial charge < -0.3 is 15.0 Å². The highest BCUT2D eigenvalue weighted by atomic mass is 127. The first-order valence-electron chi connectivity index (χ1n) is 8.45. The Bertz CT molecular complexity index is 502. The molecule has 1 aromatic carbocycles. The third kappa shape index (κ3) is 4.75. The third-order valence-electron chi connectivity index (χ3n) is 4.98. The summed E-state index contributed by atoms with van der Waals surface area (Å²) in [6, 6.07) is 9.99. The second-order valence-corrected chi connectivity index (χ2v) is 6.51. The average Bonchev–Trinajstić information content (AvgIpc) is 2.97. The molecule has 1 aliphatic carbocycles. The number of para-hydroxylation sites is 1. The van der Waals surface area contributed by atoms with E-state index in [1.54, 1.807) is 0 Å². The number of likely N-dealkylation sites (tertiary alicyclic amines) is 1. The number of halogens is 1. The minimum Gasteiger partial charge on any atom is -0.494 e. The fourth-order valence-electron chi connectivity index (χ4n) is 3.51. The van der Waals surface area contributed by atoms with Crippen molar-refractivity contribution in [3.63, 3.8) is 0 Å². The second kappa shape index (κ2) is 8.76. The van der Waals surface area contributed by atoms with Crippen LogP contribution in [0.1, 0.15) is 32.1 Å². The first-order chi connectivity index (χ1) is 10.8. The number of hydrogen-bond acceptors (Lipinski definition) is 2. The van der Waals surface area contributed by atoms with Crippen LogP contribution in [0.15, 0.2) is 35.3 Å². The molecule has 0 aromatic heterocycles. The minimum absolute atomic E-state index is 0. The smallest absolute Gasteiger partial charge is 0.193 e. The molecule has 0 bridgehead atoms. The summed E-state index contributed by atoms with van der Waals surface area (Å²) in [7, 11) is 1.88. The SMILES string of the molecule is CN=C(NCCCOc1ccccc1)N1CCC2(CCC2)C1.I. The van der Waals surface area contributed by atoms with Crippen molar-refractivity contribution in [2.75, 3.05) is 33.3 Å². The molecule has 1 saturated heterocycles. The molecule has 1 N–H and O–H groups in total. The number of nitrogens with zero attached hydrogens (tertiary/aromatic N) is 2. The van der Waals surface area contributed by atoms with Crippen LogP contribution in [0.25, 0.3) is 0 Å². The molecule has 23 heavy (non-hydrogen) atoms. The van der Waals surface area contributed by atoms with Gasteiger partial charge in [-0.05, 0) is 43.2 Å². The molecular formula is C18H28IN3O.